The topological polar surface area (TPSA) is 18.5 Å². The fraction of sp³-hybridized carbons (Fsp3) is 0.667. The molecule has 2 aliphatic rings. The fourth-order valence-corrected chi connectivity index (χ4v) is 6.14. The maximum atomic E-state index is 6.82. The van der Waals surface area contributed by atoms with Crippen LogP contribution in [-0.4, -0.2) is 12.2 Å². The number of hydrogen-bond acceptors (Lipinski definition) is 2. The first kappa shape index (κ1) is 23.5. The van der Waals surface area contributed by atoms with Gasteiger partial charge in [0, 0.05) is 5.39 Å². The van der Waals surface area contributed by atoms with Crippen molar-refractivity contribution in [2.75, 3.05) is 0 Å². The molecule has 2 nitrogen and oxygen atoms in total. The average molecular weight is 435 g/mol. The Morgan fingerprint density at radius 1 is 0.719 bits per heavy atom. The smallest absolute Gasteiger partial charge is 0.131 e. The largest absolute Gasteiger partial charge is 0.489 e. The van der Waals surface area contributed by atoms with Crippen LogP contribution in [0, 0.1) is 47.6 Å². The molecule has 0 aliphatic heterocycles. The summed E-state index contributed by atoms with van der Waals surface area (Å²) in [5, 5.41) is 2.02. The van der Waals surface area contributed by atoms with Gasteiger partial charge in [-0.25, -0.2) is 0 Å². The molecule has 6 unspecified atom stereocenters. The minimum atomic E-state index is 0.260. The Morgan fingerprint density at radius 2 is 1.16 bits per heavy atom. The van der Waals surface area contributed by atoms with Gasteiger partial charge < -0.3 is 9.47 Å². The maximum Gasteiger partial charge on any atom is 0.131 e. The number of hydrogen-bond donors (Lipinski definition) is 0. The van der Waals surface area contributed by atoms with Gasteiger partial charge in [0.2, 0.25) is 0 Å². The van der Waals surface area contributed by atoms with Crippen molar-refractivity contribution in [2.24, 2.45) is 35.5 Å². The summed E-state index contributed by atoms with van der Waals surface area (Å²) in [6, 6.07) is 14.9. The van der Waals surface area contributed by atoms with Gasteiger partial charge in [-0.3, -0.25) is 0 Å². The van der Waals surface area contributed by atoms with Crippen LogP contribution in [0.4, 0.5) is 0 Å². The van der Waals surface area contributed by atoms with E-state index >= 15 is 0 Å². The lowest BCUT2D eigenvalue weighted by Crippen LogP contribution is -2.37. The molecule has 2 fully saturated rings. The molecule has 2 radical (unpaired) electrons. The Bertz CT molecular complexity index is 817. The first-order valence-corrected chi connectivity index (χ1v) is 13.0. The van der Waals surface area contributed by atoms with Crippen molar-refractivity contribution in [1.29, 1.82) is 0 Å². The molecule has 2 heteroatoms. The molecule has 32 heavy (non-hydrogen) atoms. The molecule has 2 aromatic rings. The lowest BCUT2D eigenvalue weighted by atomic mass is 9.75. The van der Waals surface area contributed by atoms with Gasteiger partial charge in [0.25, 0.3) is 0 Å². The van der Waals surface area contributed by atoms with Crippen molar-refractivity contribution in [3.8, 4) is 11.5 Å². The maximum absolute atomic E-state index is 6.82. The van der Waals surface area contributed by atoms with E-state index in [1.807, 2.05) is 12.1 Å². The number of rotatable bonds is 6. The SMILES string of the molecule is CC1CCC(C(C)C)C(Oc2cc[c]c3[c]ccc(OC4CC(C)CCC4C(C)C)c23)C1. The summed E-state index contributed by atoms with van der Waals surface area (Å²) < 4.78 is 13.6. The molecule has 0 spiro atoms. The summed E-state index contributed by atoms with van der Waals surface area (Å²) in [4.78, 5) is 0. The first-order valence-electron chi connectivity index (χ1n) is 13.0. The van der Waals surface area contributed by atoms with Gasteiger partial charge in [0.05, 0.1) is 5.39 Å². The van der Waals surface area contributed by atoms with Crippen LogP contribution >= 0.6 is 0 Å². The van der Waals surface area contributed by atoms with Crippen molar-refractivity contribution >= 4 is 10.8 Å². The monoisotopic (exact) mass is 434 g/mol. The van der Waals surface area contributed by atoms with Crippen LogP contribution in [0.5, 0.6) is 11.5 Å². The Kier molecular flexibility index (Phi) is 7.37. The summed E-state index contributed by atoms with van der Waals surface area (Å²) in [7, 11) is 0. The second kappa shape index (κ2) is 10.1. The molecule has 6 atom stereocenters. The van der Waals surface area contributed by atoms with E-state index in [4.69, 9.17) is 9.47 Å². The van der Waals surface area contributed by atoms with E-state index in [1.165, 1.54) is 25.7 Å². The molecule has 4 rings (SSSR count). The molecule has 2 aliphatic carbocycles. The van der Waals surface area contributed by atoms with E-state index in [-0.39, 0.29) is 12.2 Å². The van der Waals surface area contributed by atoms with E-state index in [1.54, 1.807) is 0 Å². The van der Waals surface area contributed by atoms with E-state index in [0.717, 1.165) is 35.1 Å². The highest BCUT2D eigenvalue weighted by Gasteiger charge is 2.34. The number of ether oxygens (including phenoxy) is 2. The molecule has 2 aromatic carbocycles. The molecular formula is C30H42O2. The second-order valence-electron chi connectivity index (χ2n) is 11.4. The van der Waals surface area contributed by atoms with E-state index in [2.05, 4.69) is 65.8 Å². The molecule has 174 valence electrons. The molecule has 0 amide bonds. The second-order valence-corrected chi connectivity index (χ2v) is 11.4. The Balaban J connectivity index is 1.66. The Labute approximate surface area is 196 Å². The van der Waals surface area contributed by atoms with Gasteiger partial charge in [0.15, 0.2) is 0 Å². The van der Waals surface area contributed by atoms with E-state index in [9.17, 15) is 0 Å². The third-order valence-electron chi connectivity index (χ3n) is 8.15. The van der Waals surface area contributed by atoms with E-state index < -0.39 is 0 Å². The predicted octanol–water partition coefficient (Wildman–Crippen LogP) is 8.12. The zero-order chi connectivity index (χ0) is 22.8. The lowest BCUT2D eigenvalue weighted by molar-refractivity contribution is 0.0434. The zero-order valence-corrected chi connectivity index (χ0v) is 21.0. The molecule has 0 heterocycles. The molecule has 0 saturated heterocycles. The van der Waals surface area contributed by atoms with E-state index in [0.29, 0.717) is 35.5 Å². The van der Waals surface area contributed by atoms with Crippen LogP contribution < -0.4 is 9.47 Å². The van der Waals surface area contributed by atoms with Gasteiger partial charge in [-0.15, -0.1) is 0 Å². The van der Waals surface area contributed by atoms with Gasteiger partial charge in [-0.05, 0) is 85.5 Å². The molecule has 2 saturated carbocycles. The summed E-state index contributed by atoms with van der Waals surface area (Å²) >= 11 is 0. The van der Waals surface area contributed by atoms with Gasteiger partial charge in [0.1, 0.15) is 23.7 Å². The van der Waals surface area contributed by atoms with Crippen molar-refractivity contribution in [3.63, 3.8) is 0 Å². The number of benzene rings is 2. The van der Waals surface area contributed by atoms with Crippen molar-refractivity contribution < 1.29 is 9.47 Å². The summed E-state index contributed by atoms with van der Waals surface area (Å²) in [6.45, 7) is 14.1. The van der Waals surface area contributed by atoms with Crippen molar-refractivity contribution in [3.05, 3.63) is 36.4 Å². The molecule has 0 aromatic heterocycles. The first-order chi connectivity index (χ1) is 15.3. The normalized spacial score (nSPS) is 31.2. The van der Waals surface area contributed by atoms with Crippen LogP contribution in [-0.2, 0) is 0 Å². The summed E-state index contributed by atoms with van der Waals surface area (Å²) in [6.07, 6.45) is 7.91. The van der Waals surface area contributed by atoms with Gasteiger partial charge >= 0.3 is 0 Å². The standard InChI is InChI=1S/C30H42O2/c1-19(2)24-15-13-21(5)17-28(24)31-26-11-7-9-23-10-8-12-27(30(23)26)32-29-18-22(6)14-16-25(29)20(3)4/h7-8,11-12,19-22,24-25,28-29H,13-18H2,1-6H3. The minimum absolute atomic E-state index is 0.260. The molecule has 0 N–H and O–H groups in total. The third-order valence-corrected chi connectivity index (χ3v) is 8.15. The summed E-state index contributed by atoms with van der Waals surface area (Å²) in [5.74, 6) is 5.79. The van der Waals surface area contributed by atoms with Crippen LogP contribution in [0.3, 0.4) is 0 Å². The van der Waals surface area contributed by atoms with Crippen LogP contribution in [0.15, 0.2) is 24.3 Å². The van der Waals surface area contributed by atoms with Crippen molar-refractivity contribution in [1.82, 2.24) is 0 Å². The molecule has 0 bridgehead atoms. The average Bonchev–Trinajstić information content (AvgIpc) is 2.73. The third kappa shape index (κ3) is 5.10. The highest BCUT2D eigenvalue weighted by atomic mass is 16.5. The van der Waals surface area contributed by atoms with Crippen LogP contribution in [0.25, 0.3) is 10.8 Å². The fourth-order valence-electron chi connectivity index (χ4n) is 6.14. The highest BCUT2D eigenvalue weighted by Crippen LogP contribution is 2.42. The lowest BCUT2D eigenvalue weighted by Gasteiger charge is -2.38. The number of fused-ring (bicyclic) bond motifs is 1. The Hall–Kier alpha value is -1.70. The van der Waals surface area contributed by atoms with Gasteiger partial charge in [-0.1, -0.05) is 66.5 Å². The quantitative estimate of drug-likeness (QED) is 0.457. The molecular weight excluding hydrogens is 392 g/mol. The minimum Gasteiger partial charge on any atom is -0.489 e. The van der Waals surface area contributed by atoms with Crippen LogP contribution in [0.1, 0.15) is 80.1 Å². The van der Waals surface area contributed by atoms with Gasteiger partial charge in [-0.2, -0.15) is 0 Å². The zero-order valence-electron chi connectivity index (χ0n) is 21.0. The summed E-state index contributed by atoms with van der Waals surface area (Å²) in [5.41, 5.74) is 0. The highest BCUT2D eigenvalue weighted by molar-refractivity contribution is 5.93. The van der Waals surface area contributed by atoms with Crippen LogP contribution in [0.2, 0.25) is 0 Å². The predicted molar refractivity (Wildman–Crippen MR) is 133 cm³/mol. The van der Waals surface area contributed by atoms with Crippen molar-refractivity contribution in [2.45, 2.75) is 92.3 Å². The Morgan fingerprint density at radius 3 is 1.56 bits per heavy atom.